The number of nitrogens with zero attached hydrogens (tertiary/aromatic N) is 3. The SMILES string of the molecule is C[Si](C)(C)CCO[C@@H]1O[C@H](CO)[C@H](O)[C@H](O[C@@H]2O[C@H](COCc3ccccc3)[C@H](O)[C@H](O)[C@H]2OCc2ccccc2)[C@H]1N=[N+]=[N-]. The Morgan fingerprint density at radius 1 is 0.800 bits per heavy atom. The van der Waals surface area contributed by atoms with E-state index in [9.17, 15) is 26.0 Å². The molecule has 4 rings (SSSR count). The average Bonchev–Trinajstić information content (AvgIpc) is 3.02. The molecule has 45 heavy (non-hydrogen) atoms. The van der Waals surface area contributed by atoms with E-state index in [1.807, 2.05) is 60.7 Å². The van der Waals surface area contributed by atoms with E-state index in [0.29, 0.717) is 6.61 Å². The lowest BCUT2D eigenvalue weighted by atomic mass is 9.95. The van der Waals surface area contributed by atoms with Gasteiger partial charge in [0.25, 0.3) is 0 Å². The summed E-state index contributed by atoms with van der Waals surface area (Å²) in [4.78, 5) is 2.94. The van der Waals surface area contributed by atoms with E-state index in [2.05, 4.69) is 29.7 Å². The molecule has 0 aliphatic carbocycles. The van der Waals surface area contributed by atoms with Crippen LogP contribution in [0.3, 0.4) is 0 Å². The van der Waals surface area contributed by atoms with Gasteiger partial charge in [-0.25, -0.2) is 0 Å². The molecule has 0 aromatic heterocycles. The van der Waals surface area contributed by atoms with Gasteiger partial charge in [-0.05, 0) is 22.7 Å². The molecule has 0 saturated carbocycles. The Balaban J connectivity index is 1.56. The fourth-order valence-corrected chi connectivity index (χ4v) is 5.86. The molecule has 248 valence electrons. The zero-order valence-electron chi connectivity index (χ0n) is 25.9. The van der Waals surface area contributed by atoms with Crippen molar-refractivity contribution in [2.24, 2.45) is 5.11 Å². The van der Waals surface area contributed by atoms with Crippen molar-refractivity contribution >= 4 is 8.07 Å². The van der Waals surface area contributed by atoms with Crippen molar-refractivity contribution in [1.29, 1.82) is 0 Å². The smallest absolute Gasteiger partial charge is 0.187 e. The molecule has 14 heteroatoms. The fraction of sp³-hybridized carbons (Fsp3) is 0.613. The second-order valence-corrected chi connectivity index (χ2v) is 18.1. The average molecular weight is 648 g/mol. The van der Waals surface area contributed by atoms with Gasteiger partial charge in [-0.2, -0.15) is 0 Å². The lowest BCUT2D eigenvalue weighted by molar-refractivity contribution is -0.349. The predicted octanol–water partition coefficient (Wildman–Crippen LogP) is 2.73. The van der Waals surface area contributed by atoms with E-state index >= 15 is 0 Å². The molecular formula is C31H45N3O10Si. The van der Waals surface area contributed by atoms with E-state index in [1.54, 1.807) is 0 Å². The van der Waals surface area contributed by atoms with Crippen LogP contribution in [0.15, 0.2) is 65.8 Å². The van der Waals surface area contributed by atoms with E-state index in [4.69, 9.17) is 28.4 Å². The summed E-state index contributed by atoms with van der Waals surface area (Å²) in [5.41, 5.74) is 11.1. The van der Waals surface area contributed by atoms with Gasteiger partial charge in [0.15, 0.2) is 12.6 Å². The Hall–Kier alpha value is -2.43. The Morgan fingerprint density at radius 2 is 1.42 bits per heavy atom. The second-order valence-electron chi connectivity index (χ2n) is 12.5. The molecule has 4 N–H and O–H groups in total. The molecule has 2 aromatic carbocycles. The minimum absolute atomic E-state index is 0.0610. The molecule has 13 nitrogen and oxygen atoms in total. The minimum atomic E-state index is -1.49. The minimum Gasteiger partial charge on any atom is -0.394 e. The first-order valence-electron chi connectivity index (χ1n) is 15.2. The molecule has 0 amide bonds. The monoisotopic (exact) mass is 647 g/mol. The van der Waals surface area contributed by atoms with Crippen molar-refractivity contribution in [3.05, 3.63) is 82.2 Å². The highest BCUT2D eigenvalue weighted by molar-refractivity contribution is 6.76. The summed E-state index contributed by atoms with van der Waals surface area (Å²) in [6.45, 7) is 6.53. The van der Waals surface area contributed by atoms with Gasteiger partial charge in [0.1, 0.15) is 48.8 Å². The number of aliphatic hydroxyl groups is 4. The van der Waals surface area contributed by atoms with Gasteiger partial charge in [0, 0.05) is 19.6 Å². The molecule has 2 heterocycles. The first kappa shape index (κ1) is 35.4. The van der Waals surface area contributed by atoms with Gasteiger partial charge in [-0.1, -0.05) is 85.4 Å². The van der Waals surface area contributed by atoms with Crippen LogP contribution < -0.4 is 0 Å². The first-order chi connectivity index (χ1) is 21.6. The highest BCUT2D eigenvalue weighted by Gasteiger charge is 2.52. The lowest BCUT2D eigenvalue weighted by Gasteiger charge is -2.47. The van der Waals surface area contributed by atoms with Gasteiger partial charge in [-0.15, -0.1) is 0 Å². The summed E-state index contributed by atoms with van der Waals surface area (Å²) in [6.07, 6.45) is -11.5. The van der Waals surface area contributed by atoms with Gasteiger partial charge < -0.3 is 48.8 Å². The number of azide groups is 1. The summed E-state index contributed by atoms with van der Waals surface area (Å²) >= 11 is 0. The maximum absolute atomic E-state index is 11.3. The number of hydrogen-bond donors (Lipinski definition) is 4. The van der Waals surface area contributed by atoms with Crippen molar-refractivity contribution < 1.29 is 48.8 Å². The van der Waals surface area contributed by atoms with Crippen LogP contribution in [0.5, 0.6) is 0 Å². The topological polar surface area (TPSA) is 185 Å². The molecule has 2 aliphatic rings. The van der Waals surface area contributed by atoms with E-state index in [1.165, 1.54) is 0 Å². The van der Waals surface area contributed by atoms with Gasteiger partial charge in [0.2, 0.25) is 0 Å². The standard InChI is InChI=1S/C31H45N3O10Si/c1-45(2,3)15-14-40-30-24(33-34-32)28(26(37)22(16-35)42-30)44-31-29(41-18-21-12-8-5-9-13-21)27(38)25(36)23(43-31)19-39-17-20-10-6-4-7-11-20/h4-13,22-31,35-38H,14-19H2,1-3H3/t22-,23-,24-,25+,26+,27+,28-,29-,30-,31+/m1/s1. The van der Waals surface area contributed by atoms with Crippen LogP contribution in [-0.4, -0.2) is 110 Å². The molecule has 2 fully saturated rings. The highest BCUT2D eigenvalue weighted by atomic mass is 28.3. The number of benzene rings is 2. The van der Waals surface area contributed by atoms with Crippen LogP contribution in [0.4, 0.5) is 0 Å². The largest absolute Gasteiger partial charge is 0.394 e. The van der Waals surface area contributed by atoms with E-state index in [0.717, 1.165) is 17.2 Å². The Kier molecular flexibility index (Phi) is 13.3. The fourth-order valence-electron chi connectivity index (χ4n) is 5.13. The van der Waals surface area contributed by atoms with Crippen LogP contribution in [0.25, 0.3) is 10.4 Å². The van der Waals surface area contributed by atoms with Crippen molar-refractivity contribution in [2.45, 2.75) is 100 Å². The van der Waals surface area contributed by atoms with Crippen molar-refractivity contribution in [3.63, 3.8) is 0 Å². The maximum Gasteiger partial charge on any atom is 0.187 e. The summed E-state index contributed by atoms with van der Waals surface area (Å²) in [5.74, 6) is 0. The quantitative estimate of drug-likeness (QED) is 0.0970. The van der Waals surface area contributed by atoms with Gasteiger partial charge in [-0.3, -0.25) is 0 Å². The van der Waals surface area contributed by atoms with Crippen LogP contribution in [0, 0.1) is 0 Å². The predicted molar refractivity (Wildman–Crippen MR) is 165 cm³/mol. The molecule has 10 atom stereocenters. The summed E-state index contributed by atoms with van der Waals surface area (Å²) in [6, 6.07) is 18.3. The molecular weight excluding hydrogens is 602 g/mol. The third-order valence-electron chi connectivity index (χ3n) is 7.76. The molecule has 0 radical (unpaired) electrons. The Morgan fingerprint density at radius 3 is 2.02 bits per heavy atom. The van der Waals surface area contributed by atoms with E-state index < -0.39 is 76.0 Å². The van der Waals surface area contributed by atoms with Crippen LogP contribution in [-0.2, 0) is 41.6 Å². The van der Waals surface area contributed by atoms with Crippen molar-refractivity contribution in [2.75, 3.05) is 19.8 Å². The zero-order valence-corrected chi connectivity index (χ0v) is 26.9. The third kappa shape index (κ3) is 10.0. The van der Waals surface area contributed by atoms with Gasteiger partial charge >= 0.3 is 0 Å². The molecule has 2 aromatic rings. The number of aliphatic hydroxyl groups excluding tert-OH is 4. The van der Waals surface area contributed by atoms with Crippen molar-refractivity contribution in [1.82, 2.24) is 0 Å². The molecule has 0 spiro atoms. The number of ether oxygens (including phenoxy) is 6. The molecule has 2 aliphatic heterocycles. The van der Waals surface area contributed by atoms with Gasteiger partial charge in [0.05, 0.1) is 26.4 Å². The number of rotatable bonds is 15. The third-order valence-corrected chi connectivity index (χ3v) is 9.46. The summed E-state index contributed by atoms with van der Waals surface area (Å²) in [5, 5.41) is 47.3. The summed E-state index contributed by atoms with van der Waals surface area (Å²) in [7, 11) is -1.49. The first-order valence-corrected chi connectivity index (χ1v) is 18.9. The molecule has 2 saturated heterocycles. The molecule has 0 bridgehead atoms. The zero-order chi connectivity index (χ0) is 32.4. The van der Waals surface area contributed by atoms with E-state index in [-0.39, 0.29) is 19.8 Å². The normalized spacial score (nSPS) is 32.2. The lowest BCUT2D eigenvalue weighted by Crippen LogP contribution is -2.65. The maximum atomic E-state index is 11.3. The number of hydrogen-bond acceptors (Lipinski definition) is 11. The van der Waals surface area contributed by atoms with Crippen LogP contribution in [0.1, 0.15) is 11.1 Å². The van der Waals surface area contributed by atoms with Crippen molar-refractivity contribution in [3.8, 4) is 0 Å². The highest BCUT2D eigenvalue weighted by Crippen LogP contribution is 2.33. The Bertz CT molecular complexity index is 1200. The summed E-state index contributed by atoms with van der Waals surface area (Å²) < 4.78 is 36.1. The van der Waals surface area contributed by atoms with Crippen LogP contribution in [0.2, 0.25) is 25.7 Å². The van der Waals surface area contributed by atoms with Crippen LogP contribution >= 0.6 is 0 Å². The molecule has 0 unspecified atom stereocenters. The second kappa shape index (κ2) is 16.9. The Labute approximate surface area is 264 Å².